The Hall–Kier alpha value is -2.50. The highest BCUT2D eigenvalue weighted by Gasteiger charge is 2.42. The molecule has 1 aromatic carbocycles. The molecule has 0 amide bonds. The van der Waals surface area contributed by atoms with Gasteiger partial charge in [0.15, 0.2) is 5.84 Å². The summed E-state index contributed by atoms with van der Waals surface area (Å²) in [6.07, 6.45) is 0. The molecule has 4 rings (SSSR count). The van der Waals surface area contributed by atoms with Crippen molar-refractivity contribution < 1.29 is 4.39 Å². The van der Waals surface area contributed by atoms with Crippen LogP contribution in [-0.4, -0.2) is 65.5 Å². The number of hydrogen-bond acceptors (Lipinski definition) is 7. The lowest BCUT2D eigenvalue weighted by Crippen LogP contribution is -2.59. The number of hydrazine groups is 1. The Morgan fingerprint density at radius 2 is 2.04 bits per heavy atom. The van der Waals surface area contributed by atoms with Crippen molar-refractivity contribution in [3.8, 4) is 6.07 Å². The maximum atomic E-state index is 14.3. The van der Waals surface area contributed by atoms with E-state index in [1.807, 2.05) is 0 Å². The van der Waals surface area contributed by atoms with Crippen molar-refractivity contribution >= 4 is 17.5 Å². The summed E-state index contributed by atoms with van der Waals surface area (Å²) >= 11 is 0. The lowest BCUT2D eigenvalue weighted by molar-refractivity contribution is 0.196. The molecular formula is C16H18FN7. The molecule has 1 fully saturated rings. The largest absolute Gasteiger partial charge is 0.339 e. The van der Waals surface area contributed by atoms with Crippen molar-refractivity contribution in [1.82, 2.24) is 20.2 Å². The zero-order valence-corrected chi connectivity index (χ0v) is 13.6. The second kappa shape index (κ2) is 5.26. The smallest absolute Gasteiger partial charge is 0.223 e. The molecule has 8 heteroatoms. The van der Waals surface area contributed by atoms with E-state index in [0.29, 0.717) is 17.4 Å². The molecule has 1 unspecified atom stereocenters. The van der Waals surface area contributed by atoms with Crippen molar-refractivity contribution in [2.24, 2.45) is 9.98 Å². The van der Waals surface area contributed by atoms with Gasteiger partial charge in [0, 0.05) is 31.7 Å². The van der Waals surface area contributed by atoms with E-state index in [4.69, 9.17) is 0 Å². The maximum Gasteiger partial charge on any atom is 0.223 e. The van der Waals surface area contributed by atoms with Crippen LogP contribution in [0.15, 0.2) is 28.2 Å². The molecule has 3 aliphatic heterocycles. The predicted octanol–water partition coefficient (Wildman–Crippen LogP) is 0.881. The fourth-order valence-corrected chi connectivity index (χ4v) is 3.11. The Morgan fingerprint density at radius 1 is 1.29 bits per heavy atom. The summed E-state index contributed by atoms with van der Waals surface area (Å²) in [5.74, 6) is 0.753. The van der Waals surface area contributed by atoms with Gasteiger partial charge >= 0.3 is 0 Å². The van der Waals surface area contributed by atoms with Crippen LogP contribution in [-0.2, 0) is 0 Å². The van der Waals surface area contributed by atoms with Crippen LogP contribution in [0.25, 0.3) is 0 Å². The van der Waals surface area contributed by atoms with Crippen LogP contribution in [0.4, 0.5) is 10.1 Å². The second-order valence-corrected chi connectivity index (χ2v) is 6.40. The zero-order chi connectivity index (χ0) is 16.9. The number of piperazine rings is 1. The number of guanidine groups is 1. The minimum Gasteiger partial charge on any atom is -0.339 e. The number of nitrogens with one attached hydrogen (secondary N) is 1. The Labute approximate surface area is 139 Å². The molecule has 124 valence electrons. The predicted molar refractivity (Wildman–Crippen MR) is 88.1 cm³/mol. The third kappa shape index (κ3) is 2.25. The monoisotopic (exact) mass is 327 g/mol. The van der Waals surface area contributed by atoms with E-state index in [9.17, 15) is 9.65 Å². The molecule has 1 N–H and O–H groups in total. The van der Waals surface area contributed by atoms with E-state index < -0.39 is 5.66 Å². The van der Waals surface area contributed by atoms with Gasteiger partial charge in [0.25, 0.3) is 0 Å². The highest BCUT2D eigenvalue weighted by Crippen LogP contribution is 2.33. The van der Waals surface area contributed by atoms with Gasteiger partial charge < -0.3 is 9.80 Å². The summed E-state index contributed by atoms with van der Waals surface area (Å²) in [5, 5.41) is 11.1. The number of nitrogens with zero attached hydrogens (tertiary/aromatic N) is 6. The average Bonchev–Trinajstić information content (AvgIpc) is 2.94. The first-order chi connectivity index (χ1) is 11.5. The molecule has 0 spiro atoms. The molecule has 3 aliphatic rings. The van der Waals surface area contributed by atoms with E-state index in [1.165, 1.54) is 6.07 Å². The van der Waals surface area contributed by atoms with Gasteiger partial charge in [-0.2, -0.15) is 10.7 Å². The SMILES string of the molecule is CN1CCN(C2=Nc3c(F)cccc3C3=NC(C)(C#N)NN32)CC1. The van der Waals surface area contributed by atoms with Gasteiger partial charge in [-0.3, -0.25) is 0 Å². The van der Waals surface area contributed by atoms with E-state index in [0.717, 1.165) is 26.2 Å². The van der Waals surface area contributed by atoms with Gasteiger partial charge in [-0.15, -0.1) is 0 Å². The number of rotatable bonds is 0. The third-order valence-electron chi connectivity index (χ3n) is 4.51. The number of benzene rings is 1. The second-order valence-electron chi connectivity index (χ2n) is 6.40. The number of para-hydroxylation sites is 1. The number of fused-ring (bicyclic) bond motifs is 3. The molecular weight excluding hydrogens is 309 g/mol. The molecule has 0 aliphatic carbocycles. The first-order valence-electron chi connectivity index (χ1n) is 7.91. The molecule has 24 heavy (non-hydrogen) atoms. The van der Waals surface area contributed by atoms with Crippen molar-refractivity contribution in [1.29, 1.82) is 5.26 Å². The number of nitriles is 1. The quantitative estimate of drug-likeness (QED) is 0.766. The van der Waals surface area contributed by atoms with E-state index in [1.54, 1.807) is 24.1 Å². The Balaban J connectivity index is 1.82. The summed E-state index contributed by atoms with van der Waals surface area (Å²) in [7, 11) is 2.07. The van der Waals surface area contributed by atoms with Crippen LogP contribution in [0.5, 0.6) is 0 Å². The summed E-state index contributed by atoms with van der Waals surface area (Å²) in [6.45, 7) is 5.07. The lowest BCUT2D eigenvalue weighted by Gasteiger charge is -2.39. The van der Waals surface area contributed by atoms with Crippen LogP contribution in [0.1, 0.15) is 12.5 Å². The maximum absolute atomic E-state index is 14.3. The van der Waals surface area contributed by atoms with Crippen LogP contribution in [0, 0.1) is 17.1 Å². The normalized spacial score (nSPS) is 26.4. The minimum absolute atomic E-state index is 0.283. The third-order valence-corrected chi connectivity index (χ3v) is 4.51. The summed E-state index contributed by atoms with van der Waals surface area (Å²) in [6, 6.07) is 6.96. The van der Waals surface area contributed by atoms with Crippen molar-refractivity contribution in [3.05, 3.63) is 29.6 Å². The number of hydrogen-bond donors (Lipinski definition) is 1. The van der Waals surface area contributed by atoms with Crippen molar-refractivity contribution in [3.63, 3.8) is 0 Å². The first-order valence-corrected chi connectivity index (χ1v) is 7.91. The van der Waals surface area contributed by atoms with Gasteiger partial charge in [0.2, 0.25) is 11.6 Å². The number of aliphatic imine (C=N–C) groups is 2. The van der Waals surface area contributed by atoms with Gasteiger partial charge in [-0.25, -0.2) is 19.4 Å². The molecule has 0 bridgehead atoms. The minimum atomic E-state index is -1.09. The Morgan fingerprint density at radius 3 is 2.75 bits per heavy atom. The molecule has 1 saturated heterocycles. The van der Waals surface area contributed by atoms with Crippen LogP contribution in [0.2, 0.25) is 0 Å². The van der Waals surface area contributed by atoms with E-state index in [-0.39, 0.29) is 11.5 Å². The molecule has 3 heterocycles. The number of halogens is 1. The molecule has 1 aromatic rings. The fraction of sp³-hybridized carbons (Fsp3) is 0.438. The molecule has 0 radical (unpaired) electrons. The molecule has 1 atom stereocenters. The van der Waals surface area contributed by atoms with Crippen molar-refractivity contribution in [2.75, 3.05) is 33.2 Å². The van der Waals surface area contributed by atoms with Gasteiger partial charge in [0.1, 0.15) is 17.6 Å². The Kier molecular flexibility index (Phi) is 3.30. The van der Waals surface area contributed by atoms with E-state index in [2.05, 4.69) is 38.3 Å². The van der Waals surface area contributed by atoms with Gasteiger partial charge in [-0.05, 0) is 26.1 Å². The summed E-state index contributed by atoms with van der Waals surface area (Å²) in [4.78, 5) is 13.4. The molecule has 0 saturated carbocycles. The highest BCUT2D eigenvalue weighted by atomic mass is 19.1. The molecule has 7 nitrogen and oxygen atoms in total. The Bertz CT molecular complexity index is 788. The fourth-order valence-electron chi connectivity index (χ4n) is 3.11. The zero-order valence-electron chi connectivity index (χ0n) is 13.6. The first kappa shape index (κ1) is 15.1. The van der Waals surface area contributed by atoms with Crippen LogP contribution < -0.4 is 5.43 Å². The number of likely N-dealkylation sites (N-methyl/N-ethyl adjacent to an activating group) is 1. The van der Waals surface area contributed by atoms with Gasteiger partial charge in [-0.1, -0.05) is 6.07 Å². The topological polar surface area (TPSA) is 70.3 Å². The number of amidine groups is 1. The molecule has 0 aromatic heterocycles. The van der Waals surface area contributed by atoms with Crippen LogP contribution in [0.3, 0.4) is 0 Å². The lowest BCUT2D eigenvalue weighted by atomic mass is 10.1. The van der Waals surface area contributed by atoms with Gasteiger partial charge in [0.05, 0.1) is 0 Å². The standard InChI is InChI=1S/C16H18FN7/c1-16(10-18)20-14-11-4-3-5-12(17)13(11)19-15(24(14)21-16)23-8-6-22(2)7-9-23/h3-5,21H,6-9H2,1-2H3. The van der Waals surface area contributed by atoms with E-state index >= 15 is 0 Å². The van der Waals surface area contributed by atoms with Crippen LogP contribution >= 0.6 is 0 Å². The van der Waals surface area contributed by atoms with Crippen molar-refractivity contribution in [2.45, 2.75) is 12.6 Å². The summed E-state index contributed by atoms with van der Waals surface area (Å²) < 4.78 is 14.3. The highest BCUT2D eigenvalue weighted by molar-refractivity contribution is 6.15. The summed E-state index contributed by atoms with van der Waals surface area (Å²) in [5.41, 5.74) is 2.89. The average molecular weight is 327 g/mol.